The topological polar surface area (TPSA) is 30.5 Å². The van der Waals surface area contributed by atoms with Gasteiger partial charge in [0, 0.05) is 0 Å². The molecule has 1 aliphatic carbocycles. The van der Waals surface area contributed by atoms with Crippen molar-refractivity contribution in [1.82, 2.24) is 5.32 Å². The van der Waals surface area contributed by atoms with Crippen LogP contribution in [0.25, 0.3) is 0 Å². The summed E-state index contributed by atoms with van der Waals surface area (Å²) in [6.45, 7) is 8.57. The van der Waals surface area contributed by atoms with Crippen molar-refractivity contribution >= 4 is 0 Å². The van der Waals surface area contributed by atoms with Crippen LogP contribution in [-0.4, -0.2) is 32.0 Å². The van der Waals surface area contributed by atoms with Crippen LogP contribution in [0.15, 0.2) is 24.3 Å². The molecule has 0 spiro atoms. The Balaban J connectivity index is 1.95. The largest absolute Gasteiger partial charge is 0.376 e. The monoisotopic (exact) mass is 277 g/mol. The Kier molecular flexibility index (Phi) is 6.02. The van der Waals surface area contributed by atoms with Gasteiger partial charge in [-0.3, -0.25) is 0 Å². The van der Waals surface area contributed by atoms with Gasteiger partial charge in [0.15, 0.2) is 0 Å². The van der Waals surface area contributed by atoms with E-state index in [-0.39, 0.29) is 12.2 Å². The summed E-state index contributed by atoms with van der Waals surface area (Å²) < 4.78 is 11.6. The maximum Gasteiger partial charge on any atom is 0.0774 e. The van der Waals surface area contributed by atoms with Gasteiger partial charge in [0.05, 0.1) is 31.5 Å². The second-order valence-corrected chi connectivity index (χ2v) is 5.60. The van der Waals surface area contributed by atoms with Crippen molar-refractivity contribution in [3.8, 4) is 0 Å². The number of rotatable bonds is 7. The molecule has 3 heteroatoms. The fourth-order valence-electron chi connectivity index (χ4n) is 2.85. The van der Waals surface area contributed by atoms with Gasteiger partial charge in [-0.15, -0.1) is 0 Å². The molecule has 1 N–H and O–H groups in total. The van der Waals surface area contributed by atoms with Crippen LogP contribution in [0.5, 0.6) is 0 Å². The number of ether oxygens (including phenoxy) is 2. The van der Waals surface area contributed by atoms with Crippen LogP contribution >= 0.6 is 0 Å². The Hall–Kier alpha value is -0.900. The molecule has 0 radical (unpaired) electrons. The van der Waals surface area contributed by atoms with Crippen molar-refractivity contribution in [1.29, 1.82) is 0 Å². The summed E-state index contributed by atoms with van der Waals surface area (Å²) in [5, 5.41) is 3.57. The highest BCUT2D eigenvalue weighted by Crippen LogP contribution is 2.31. The van der Waals surface area contributed by atoms with Crippen molar-refractivity contribution in [2.24, 2.45) is 0 Å². The molecule has 1 aromatic carbocycles. The highest BCUT2D eigenvalue weighted by Gasteiger charge is 2.29. The third-order valence-corrected chi connectivity index (χ3v) is 3.75. The first-order chi connectivity index (χ1) is 9.72. The lowest BCUT2D eigenvalue weighted by Gasteiger charge is -2.34. The van der Waals surface area contributed by atoms with Crippen LogP contribution < -0.4 is 5.32 Å². The predicted molar refractivity (Wildman–Crippen MR) is 82.0 cm³/mol. The molecule has 0 heterocycles. The third-order valence-electron chi connectivity index (χ3n) is 3.75. The Morgan fingerprint density at radius 1 is 1.25 bits per heavy atom. The van der Waals surface area contributed by atoms with Gasteiger partial charge in [-0.2, -0.15) is 0 Å². The number of benzene rings is 1. The van der Waals surface area contributed by atoms with E-state index in [4.69, 9.17) is 9.47 Å². The molecule has 2 unspecified atom stereocenters. The number of hydrogen-bond acceptors (Lipinski definition) is 3. The molecule has 0 saturated heterocycles. The maximum atomic E-state index is 6.07. The Morgan fingerprint density at radius 3 is 2.80 bits per heavy atom. The highest BCUT2D eigenvalue weighted by molar-refractivity contribution is 5.33. The number of likely N-dealkylation sites (N-methyl/N-ethyl adjacent to an activating group) is 1. The van der Waals surface area contributed by atoms with Crippen molar-refractivity contribution in [3.05, 3.63) is 35.4 Å². The lowest BCUT2D eigenvalue weighted by atomic mass is 9.85. The summed E-state index contributed by atoms with van der Waals surface area (Å²) in [6.07, 6.45) is 2.71. The quantitative estimate of drug-likeness (QED) is 0.777. The van der Waals surface area contributed by atoms with Gasteiger partial charge in [-0.1, -0.05) is 31.2 Å². The fourth-order valence-corrected chi connectivity index (χ4v) is 2.85. The SMILES string of the molecule is CCNC1c2ccccc2CCC1OCCOC(C)C. The second-order valence-electron chi connectivity index (χ2n) is 5.60. The molecule has 1 aliphatic rings. The van der Waals surface area contributed by atoms with Crippen molar-refractivity contribution in [2.45, 2.75) is 51.9 Å². The van der Waals surface area contributed by atoms with E-state index in [0.717, 1.165) is 19.4 Å². The highest BCUT2D eigenvalue weighted by atomic mass is 16.5. The number of aryl methyl sites for hydroxylation is 1. The maximum absolute atomic E-state index is 6.07. The van der Waals surface area contributed by atoms with Crippen LogP contribution in [0.2, 0.25) is 0 Å². The minimum absolute atomic E-state index is 0.251. The average molecular weight is 277 g/mol. The Labute approximate surface area is 122 Å². The standard InChI is InChI=1S/C17H27NO2/c1-4-18-17-15-8-6-5-7-14(15)9-10-16(17)20-12-11-19-13(2)3/h5-8,13,16-18H,4,9-12H2,1-3H3. The number of hydrogen-bond donors (Lipinski definition) is 1. The van der Waals surface area contributed by atoms with E-state index in [0.29, 0.717) is 19.3 Å². The van der Waals surface area contributed by atoms with Gasteiger partial charge >= 0.3 is 0 Å². The molecule has 0 aliphatic heterocycles. The van der Waals surface area contributed by atoms with E-state index < -0.39 is 0 Å². The van der Waals surface area contributed by atoms with Gasteiger partial charge in [-0.05, 0) is 44.4 Å². The fraction of sp³-hybridized carbons (Fsp3) is 0.647. The van der Waals surface area contributed by atoms with E-state index in [2.05, 4.69) is 50.4 Å². The zero-order valence-corrected chi connectivity index (χ0v) is 12.9. The van der Waals surface area contributed by atoms with Crippen molar-refractivity contribution in [3.63, 3.8) is 0 Å². The molecular weight excluding hydrogens is 250 g/mol. The first-order valence-electron chi connectivity index (χ1n) is 7.76. The first-order valence-corrected chi connectivity index (χ1v) is 7.76. The normalized spacial score (nSPS) is 22.0. The van der Waals surface area contributed by atoms with Crippen LogP contribution in [0, 0.1) is 0 Å². The molecule has 0 saturated carbocycles. The third kappa shape index (κ3) is 4.05. The molecule has 2 atom stereocenters. The summed E-state index contributed by atoms with van der Waals surface area (Å²) in [4.78, 5) is 0. The minimum atomic E-state index is 0.251. The molecule has 2 rings (SSSR count). The van der Waals surface area contributed by atoms with E-state index in [1.807, 2.05) is 0 Å². The van der Waals surface area contributed by atoms with Crippen LogP contribution in [0.1, 0.15) is 44.4 Å². The molecule has 0 fully saturated rings. The van der Waals surface area contributed by atoms with Gasteiger partial charge < -0.3 is 14.8 Å². The first kappa shape index (κ1) is 15.5. The number of nitrogens with one attached hydrogen (secondary N) is 1. The van der Waals surface area contributed by atoms with Crippen LogP contribution in [0.4, 0.5) is 0 Å². The summed E-state index contributed by atoms with van der Waals surface area (Å²) >= 11 is 0. The zero-order chi connectivity index (χ0) is 14.4. The van der Waals surface area contributed by atoms with Gasteiger partial charge in [-0.25, -0.2) is 0 Å². The van der Waals surface area contributed by atoms with Gasteiger partial charge in [0.2, 0.25) is 0 Å². The molecule has 0 bridgehead atoms. The molecule has 112 valence electrons. The molecule has 3 nitrogen and oxygen atoms in total. The molecule has 0 amide bonds. The van der Waals surface area contributed by atoms with Crippen LogP contribution in [-0.2, 0) is 15.9 Å². The van der Waals surface area contributed by atoms with E-state index in [9.17, 15) is 0 Å². The summed E-state index contributed by atoms with van der Waals surface area (Å²) in [5.41, 5.74) is 2.85. The Morgan fingerprint density at radius 2 is 2.05 bits per heavy atom. The predicted octanol–water partition coefficient (Wildman–Crippen LogP) is 3.09. The minimum Gasteiger partial charge on any atom is -0.376 e. The summed E-state index contributed by atoms with van der Waals surface area (Å²) in [5.74, 6) is 0. The average Bonchev–Trinajstić information content (AvgIpc) is 2.45. The number of fused-ring (bicyclic) bond motifs is 1. The van der Waals surface area contributed by atoms with Crippen LogP contribution in [0.3, 0.4) is 0 Å². The lowest BCUT2D eigenvalue weighted by molar-refractivity contribution is -0.0309. The van der Waals surface area contributed by atoms with Gasteiger partial charge in [0.1, 0.15) is 0 Å². The van der Waals surface area contributed by atoms with Gasteiger partial charge in [0.25, 0.3) is 0 Å². The smallest absolute Gasteiger partial charge is 0.0774 e. The zero-order valence-electron chi connectivity index (χ0n) is 12.9. The summed E-state index contributed by atoms with van der Waals surface area (Å²) in [6, 6.07) is 9.01. The van der Waals surface area contributed by atoms with E-state index in [1.54, 1.807) is 0 Å². The second kappa shape index (κ2) is 7.77. The molecule has 20 heavy (non-hydrogen) atoms. The van der Waals surface area contributed by atoms with Crippen molar-refractivity contribution < 1.29 is 9.47 Å². The Bertz CT molecular complexity index is 406. The molecule has 1 aromatic rings. The van der Waals surface area contributed by atoms with E-state index in [1.165, 1.54) is 11.1 Å². The summed E-state index contributed by atoms with van der Waals surface area (Å²) in [7, 11) is 0. The van der Waals surface area contributed by atoms with E-state index >= 15 is 0 Å². The lowest BCUT2D eigenvalue weighted by Crippen LogP contribution is -2.38. The van der Waals surface area contributed by atoms with Crippen molar-refractivity contribution in [2.75, 3.05) is 19.8 Å². The molecule has 0 aromatic heterocycles. The molecular formula is C17H27NO2.